The van der Waals surface area contributed by atoms with Crippen LogP contribution in [0.25, 0.3) is 0 Å². The van der Waals surface area contributed by atoms with Gasteiger partial charge in [-0.25, -0.2) is 8.42 Å². The van der Waals surface area contributed by atoms with Gasteiger partial charge in [-0.05, 0) is 42.5 Å². The molecule has 0 aromatic heterocycles. The molecule has 3 nitrogen and oxygen atoms in total. The maximum absolute atomic E-state index is 12.5. The van der Waals surface area contributed by atoms with Crippen LogP contribution in [0.3, 0.4) is 0 Å². The maximum Gasteiger partial charge on any atom is 0.206 e. The summed E-state index contributed by atoms with van der Waals surface area (Å²) < 4.78 is 30.8. The smallest absolute Gasteiger partial charge is 0.206 e. The number of rotatable bonds is 4. The first-order chi connectivity index (χ1) is 11.2. The molecule has 0 spiro atoms. The van der Waals surface area contributed by atoms with Gasteiger partial charge in [0.15, 0.2) is 0 Å². The van der Waals surface area contributed by atoms with E-state index in [1.807, 2.05) is 30.4 Å². The zero-order valence-corrected chi connectivity index (χ0v) is 13.2. The van der Waals surface area contributed by atoms with E-state index in [2.05, 4.69) is 0 Å². The minimum Gasteiger partial charge on any atom is -0.461 e. The second kappa shape index (κ2) is 6.67. The Morgan fingerprint density at radius 2 is 1.48 bits per heavy atom. The molecule has 0 saturated heterocycles. The van der Waals surface area contributed by atoms with Crippen molar-refractivity contribution in [1.82, 2.24) is 0 Å². The van der Waals surface area contributed by atoms with E-state index in [1.54, 1.807) is 54.6 Å². The first kappa shape index (κ1) is 15.3. The van der Waals surface area contributed by atoms with Gasteiger partial charge in [-0.1, -0.05) is 42.5 Å². The topological polar surface area (TPSA) is 43.4 Å². The monoisotopic (exact) mass is 324 g/mol. The normalized spacial score (nSPS) is 14.2. The first-order valence-corrected chi connectivity index (χ1v) is 8.75. The number of benzene rings is 2. The van der Waals surface area contributed by atoms with Crippen molar-refractivity contribution in [3.05, 3.63) is 90.7 Å². The molecule has 4 heteroatoms. The highest BCUT2D eigenvalue weighted by Gasteiger charge is 2.17. The lowest BCUT2D eigenvalue weighted by Crippen LogP contribution is -2.02. The Balaban J connectivity index is 1.81. The molecule has 0 fully saturated rings. The predicted molar refractivity (Wildman–Crippen MR) is 89.9 cm³/mol. The number of sulfone groups is 1. The molecule has 0 unspecified atom stereocenters. The highest BCUT2D eigenvalue weighted by molar-refractivity contribution is 7.91. The van der Waals surface area contributed by atoms with Crippen LogP contribution in [0.1, 0.15) is 6.42 Å². The predicted octanol–water partition coefficient (Wildman–Crippen LogP) is 4.30. The van der Waals surface area contributed by atoms with E-state index >= 15 is 0 Å². The number of allylic oxidation sites excluding steroid dienone is 5. The molecule has 0 amide bonds. The van der Waals surface area contributed by atoms with Gasteiger partial charge in [-0.3, -0.25) is 0 Å². The molecule has 2 aromatic rings. The molecule has 0 radical (unpaired) electrons. The van der Waals surface area contributed by atoms with Crippen molar-refractivity contribution in [2.75, 3.05) is 0 Å². The quantitative estimate of drug-likeness (QED) is 0.842. The van der Waals surface area contributed by atoms with Gasteiger partial charge < -0.3 is 4.74 Å². The van der Waals surface area contributed by atoms with Crippen LogP contribution in [0.5, 0.6) is 5.75 Å². The minimum absolute atomic E-state index is 0.255. The first-order valence-electron chi connectivity index (χ1n) is 7.27. The summed E-state index contributed by atoms with van der Waals surface area (Å²) in [6.45, 7) is 0. The van der Waals surface area contributed by atoms with Crippen LogP contribution in [0.15, 0.2) is 101 Å². The maximum atomic E-state index is 12.5. The van der Waals surface area contributed by atoms with Gasteiger partial charge >= 0.3 is 0 Å². The van der Waals surface area contributed by atoms with Crippen molar-refractivity contribution in [2.24, 2.45) is 0 Å². The second-order valence-corrected chi connectivity index (χ2v) is 6.99. The summed E-state index contributed by atoms with van der Waals surface area (Å²) in [5.41, 5.74) is 0. The third-order valence-corrected chi connectivity index (χ3v) is 5.18. The van der Waals surface area contributed by atoms with Crippen LogP contribution in [0.4, 0.5) is 0 Å². The van der Waals surface area contributed by atoms with E-state index < -0.39 is 9.84 Å². The molecule has 3 rings (SSSR count). The molecular weight excluding hydrogens is 308 g/mol. The lowest BCUT2D eigenvalue weighted by Gasteiger charge is -2.09. The van der Waals surface area contributed by atoms with Crippen LogP contribution >= 0.6 is 0 Å². The van der Waals surface area contributed by atoms with Crippen LogP contribution in [0.2, 0.25) is 0 Å². The fraction of sp³-hybridized carbons (Fsp3) is 0.0526. The van der Waals surface area contributed by atoms with Crippen molar-refractivity contribution in [1.29, 1.82) is 0 Å². The summed E-state index contributed by atoms with van der Waals surface area (Å²) in [6, 6.07) is 14.9. The molecule has 0 atom stereocenters. The standard InChI is InChI=1S/C19H16O3S/c20-23(21,18-10-6-3-7-11-18)19-14-12-17(13-15-19)22-16-8-4-1-2-5-9-16/h1-8,10-15H,9H2. The molecule has 0 N–H and O–H groups in total. The molecule has 1 aliphatic rings. The average molecular weight is 324 g/mol. The van der Waals surface area contributed by atoms with Gasteiger partial charge in [0.05, 0.1) is 9.79 Å². The van der Waals surface area contributed by atoms with Gasteiger partial charge in [0.25, 0.3) is 0 Å². The Kier molecular flexibility index (Phi) is 4.44. The molecule has 23 heavy (non-hydrogen) atoms. The third-order valence-electron chi connectivity index (χ3n) is 3.40. The van der Waals surface area contributed by atoms with E-state index in [0.717, 1.165) is 5.76 Å². The molecule has 2 aromatic carbocycles. The number of ether oxygens (including phenoxy) is 1. The molecule has 1 aliphatic carbocycles. The van der Waals surface area contributed by atoms with Gasteiger partial charge in [-0.2, -0.15) is 0 Å². The fourth-order valence-corrected chi connectivity index (χ4v) is 3.49. The van der Waals surface area contributed by atoms with Gasteiger partial charge in [0, 0.05) is 6.42 Å². The Hall–Kier alpha value is -2.59. The van der Waals surface area contributed by atoms with Crippen LogP contribution in [-0.4, -0.2) is 8.42 Å². The summed E-state index contributed by atoms with van der Waals surface area (Å²) in [4.78, 5) is 0.543. The van der Waals surface area contributed by atoms with Crippen molar-refractivity contribution >= 4 is 9.84 Å². The molecule has 0 saturated carbocycles. The fourth-order valence-electron chi connectivity index (χ4n) is 2.21. The lowest BCUT2D eigenvalue weighted by molar-refractivity contribution is 0.416. The van der Waals surface area contributed by atoms with Crippen molar-refractivity contribution in [3.63, 3.8) is 0 Å². The van der Waals surface area contributed by atoms with Gasteiger partial charge in [0.2, 0.25) is 9.84 Å². The minimum atomic E-state index is -3.49. The van der Waals surface area contributed by atoms with E-state index in [9.17, 15) is 8.42 Å². The molecule has 0 aliphatic heterocycles. The van der Waals surface area contributed by atoms with Crippen molar-refractivity contribution < 1.29 is 13.2 Å². The zero-order valence-electron chi connectivity index (χ0n) is 12.4. The van der Waals surface area contributed by atoms with E-state index in [1.165, 1.54) is 0 Å². The largest absolute Gasteiger partial charge is 0.461 e. The summed E-state index contributed by atoms with van der Waals surface area (Å²) in [5, 5.41) is 0. The van der Waals surface area contributed by atoms with Crippen LogP contribution in [-0.2, 0) is 9.84 Å². The summed E-state index contributed by atoms with van der Waals surface area (Å²) >= 11 is 0. The second-order valence-electron chi connectivity index (χ2n) is 5.04. The lowest BCUT2D eigenvalue weighted by atomic mass is 10.3. The Morgan fingerprint density at radius 3 is 2.22 bits per heavy atom. The third kappa shape index (κ3) is 3.60. The molecule has 0 bridgehead atoms. The summed E-state index contributed by atoms with van der Waals surface area (Å²) in [5.74, 6) is 1.43. The Bertz CT molecular complexity index is 859. The molecule has 0 heterocycles. The summed E-state index contributed by atoms with van der Waals surface area (Å²) in [6.07, 6.45) is 10.4. The summed E-state index contributed by atoms with van der Waals surface area (Å²) in [7, 11) is -3.49. The average Bonchev–Trinajstić information content (AvgIpc) is 2.85. The van der Waals surface area contributed by atoms with Crippen LogP contribution < -0.4 is 4.74 Å². The zero-order chi connectivity index (χ0) is 16.1. The molecule has 116 valence electrons. The van der Waals surface area contributed by atoms with E-state index in [-0.39, 0.29) is 9.79 Å². The number of hydrogen-bond acceptors (Lipinski definition) is 3. The van der Waals surface area contributed by atoms with E-state index in [4.69, 9.17) is 4.74 Å². The van der Waals surface area contributed by atoms with E-state index in [0.29, 0.717) is 12.2 Å². The van der Waals surface area contributed by atoms with Gasteiger partial charge in [0.1, 0.15) is 11.5 Å². The highest BCUT2D eigenvalue weighted by atomic mass is 32.2. The number of hydrogen-bond donors (Lipinski definition) is 0. The van der Waals surface area contributed by atoms with Crippen molar-refractivity contribution in [3.8, 4) is 5.75 Å². The molecular formula is C19H16O3S. The Morgan fingerprint density at radius 1 is 0.783 bits per heavy atom. The van der Waals surface area contributed by atoms with Crippen molar-refractivity contribution in [2.45, 2.75) is 16.2 Å². The highest BCUT2D eigenvalue weighted by Crippen LogP contribution is 2.24. The Labute approximate surface area is 136 Å². The SMILES string of the molecule is O=S(=O)(c1ccccc1)c1ccc(OC2=CC=CC=CC2)cc1. The van der Waals surface area contributed by atoms with Crippen LogP contribution in [0, 0.1) is 0 Å². The van der Waals surface area contributed by atoms with Gasteiger partial charge in [-0.15, -0.1) is 0 Å².